The van der Waals surface area contributed by atoms with Crippen molar-refractivity contribution in [1.82, 2.24) is 0 Å². The largest absolute Gasteiger partial charge is 0.462 e. The van der Waals surface area contributed by atoms with Gasteiger partial charge in [-0.15, -0.1) is 0 Å². The second kappa shape index (κ2) is 47.5. The van der Waals surface area contributed by atoms with Crippen molar-refractivity contribution in [2.45, 2.75) is 232 Å². The number of hydrogen-bond acceptors (Lipinski definition) is 6. The number of rotatable bonds is 43. The van der Waals surface area contributed by atoms with Gasteiger partial charge in [-0.25, -0.2) is 0 Å². The van der Waals surface area contributed by atoms with Crippen molar-refractivity contribution in [2.75, 3.05) is 13.2 Å². The maximum atomic E-state index is 12.7. The van der Waals surface area contributed by atoms with E-state index in [4.69, 9.17) is 14.2 Å². The van der Waals surface area contributed by atoms with Crippen LogP contribution in [0.25, 0.3) is 0 Å². The third-order valence-electron chi connectivity index (χ3n) is 10.2. The predicted molar refractivity (Wildman–Crippen MR) is 251 cm³/mol. The summed E-state index contributed by atoms with van der Waals surface area (Å²) in [5.41, 5.74) is 0. The van der Waals surface area contributed by atoms with Crippen LogP contribution in [0.5, 0.6) is 0 Å². The third-order valence-corrected chi connectivity index (χ3v) is 10.2. The van der Waals surface area contributed by atoms with E-state index in [0.29, 0.717) is 19.3 Å². The molecule has 0 amide bonds. The minimum Gasteiger partial charge on any atom is -0.462 e. The first-order valence-corrected chi connectivity index (χ1v) is 24.4. The standard InChI is InChI=1S/C53H90O6/c1-4-7-10-13-16-19-22-24-26-27-28-30-31-34-37-40-43-46-52(55)58-49-50(48-57-51(54)45-42-39-36-33-21-18-15-12-9-6-3)59-53(56)47-44-41-38-35-32-29-25-23-20-17-14-11-8-5-2/h7,10,16,19,23-26,28,30,34,37,50H,4-6,8-9,11-15,17-18,20-22,27,29,31-33,35-36,38-49H2,1-3H3/b10-7-,19-16-,25-23-,26-24-,30-28-,37-34-/t50-/m1/s1. The van der Waals surface area contributed by atoms with Gasteiger partial charge in [0.15, 0.2) is 6.10 Å². The number of allylic oxidation sites excluding steroid dienone is 12. The molecule has 0 saturated carbocycles. The molecule has 1 atom stereocenters. The molecular weight excluding hydrogens is 733 g/mol. The lowest BCUT2D eigenvalue weighted by molar-refractivity contribution is -0.167. The molecule has 0 heterocycles. The Balaban J connectivity index is 4.47. The monoisotopic (exact) mass is 823 g/mol. The van der Waals surface area contributed by atoms with Crippen molar-refractivity contribution >= 4 is 17.9 Å². The van der Waals surface area contributed by atoms with E-state index in [1.807, 2.05) is 0 Å². The first-order chi connectivity index (χ1) is 29.0. The summed E-state index contributed by atoms with van der Waals surface area (Å²) in [7, 11) is 0. The van der Waals surface area contributed by atoms with Crippen molar-refractivity contribution < 1.29 is 28.6 Å². The molecule has 0 fully saturated rings. The number of carbonyl (C=O) groups is 3. The Kier molecular flexibility index (Phi) is 45.0. The van der Waals surface area contributed by atoms with E-state index in [9.17, 15) is 14.4 Å². The third kappa shape index (κ3) is 45.8. The Morgan fingerprint density at radius 1 is 0.356 bits per heavy atom. The van der Waals surface area contributed by atoms with Crippen LogP contribution < -0.4 is 0 Å². The molecule has 0 rings (SSSR count). The van der Waals surface area contributed by atoms with Crippen LogP contribution in [-0.2, 0) is 28.6 Å². The van der Waals surface area contributed by atoms with Crippen molar-refractivity contribution in [3.63, 3.8) is 0 Å². The van der Waals surface area contributed by atoms with E-state index in [0.717, 1.165) is 89.9 Å². The summed E-state index contributed by atoms with van der Waals surface area (Å²) in [5.74, 6) is -0.968. The van der Waals surface area contributed by atoms with Gasteiger partial charge in [-0.2, -0.15) is 0 Å². The van der Waals surface area contributed by atoms with Gasteiger partial charge in [0.1, 0.15) is 13.2 Å². The molecule has 0 aromatic heterocycles. The molecule has 0 aromatic carbocycles. The molecule has 6 nitrogen and oxygen atoms in total. The molecule has 0 saturated heterocycles. The molecule has 0 spiro atoms. The molecule has 338 valence electrons. The van der Waals surface area contributed by atoms with Gasteiger partial charge in [-0.1, -0.05) is 196 Å². The van der Waals surface area contributed by atoms with Crippen LogP contribution in [0.15, 0.2) is 72.9 Å². The normalized spacial score (nSPS) is 12.7. The van der Waals surface area contributed by atoms with Crippen molar-refractivity contribution in [2.24, 2.45) is 0 Å². The van der Waals surface area contributed by atoms with E-state index < -0.39 is 6.10 Å². The number of unbranched alkanes of at least 4 members (excludes halogenated alkanes) is 20. The van der Waals surface area contributed by atoms with E-state index in [-0.39, 0.29) is 37.5 Å². The smallest absolute Gasteiger partial charge is 0.306 e. The van der Waals surface area contributed by atoms with Crippen molar-refractivity contribution in [3.8, 4) is 0 Å². The zero-order chi connectivity index (χ0) is 43.0. The molecule has 6 heteroatoms. The molecule has 0 aliphatic heterocycles. The summed E-state index contributed by atoms with van der Waals surface area (Å²) in [6, 6.07) is 0. The SMILES string of the molecule is CC/C=C\C/C=C\C/C=C\C/C=C\C/C=C\CCCC(=O)OC[C@@H](COC(=O)CCCCCCCCCCCC)OC(=O)CCCCCCC/C=C\CCCCCCC. The maximum absolute atomic E-state index is 12.7. The van der Waals surface area contributed by atoms with Gasteiger partial charge in [-0.3, -0.25) is 14.4 Å². The van der Waals surface area contributed by atoms with Gasteiger partial charge in [0, 0.05) is 19.3 Å². The molecule has 0 N–H and O–H groups in total. The highest BCUT2D eigenvalue weighted by atomic mass is 16.6. The second-order valence-electron chi connectivity index (χ2n) is 16.0. The number of carbonyl (C=O) groups excluding carboxylic acids is 3. The lowest BCUT2D eigenvalue weighted by Crippen LogP contribution is -2.30. The molecule has 0 aliphatic rings. The highest BCUT2D eigenvalue weighted by Gasteiger charge is 2.19. The summed E-state index contributed by atoms with van der Waals surface area (Å²) in [4.78, 5) is 37.8. The van der Waals surface area contributed by atoms with Gasteiger partial charge in [0.05, 0.1) is 0 Å². The highest BCUT2D eigenvalue weighted by Crippen LogP contribution is 2.13. The summed E-state index contributed by atoms with van der Waals surface area (Å²) >= 11 is 0. The lowest BCUT2D eigenvalue weighted by Gasteiger charge is -2.18. The fraction of sp³-hybridized carbons (Fsp3) is 0.717. The molecule has 0 aromatic rings. The van der Waals surface area contributed by atoms with Crippen LogP contribution in [-0.4, -0.2) is 37.2 Å². The minimum absolute atomic E-state index is 0.0953. The number of ether oxygens (including phenoxy) is 3. The van der Waals surface area contributed by atoms with Gasteiger partial charge in [-0.05, 0) is 83.5 Å². The van der Waals surface area contributed by atoms with Gasteiger partial charge >= 0.3 is 17.9 Å². The first kappa shape index (κ1) is 55.9. The topological polar surface area (TPSA) is 78.9 Å². The summed E-state index contributed by atoms with van der Waals surface area (Å²) < 4.78 is 16.7. The Morgan fingerprint density at radius 2 is 0.678 bits per heavy atom. The molecule has 0 radical (unpaired) electrons. The van der Waals surface area contributed by atoms with Gasteiger partial charge < -0.3 is 14.2 Å². The first-order valence-electron chi connectivity index (χ1n) is 24.4. The van der Waals surface area contributed by atoms with Crippen LogP contribution in [0.2, 0.25) is 0 Å². The minimum atomic E-state index is -0.799. The van der Waals surface area contributed by atoms with E-state index in [2.05, 4.69) is 93.7 Å². The van der Waals surface area contributed by atoms with E-state index in [1.165, 1.54) is 89.9 Å². The number of esters is 3. The Bertz CT molecular complexity index is 1130. The van der Waals surface area contributed by atoms with Crippen LogP contribution in [0.3, 0.4) is 0 Å². The zero-order valence-electron chi connectivity index (χ0n) is 38.5. The van der Waals surface area contributed by atoms with Gasteiger partial charge in [0.2, 0.25) is 0 Å². The van der Waals surface area contributed by atoms with Crippen LogP contribution in [0.1, 0.15) is 226 Å². The second-order valence-corrected chi connectivity index (χ2v) is 16.0. The summed E-state index contributed by atoms with van der Waals surface area (Å²) in [6.45, 7) is 6.44. The zero-order valence-corrected chi connectivity index (χ0v) is 38.5. The molecular formula is C53H90O6. The van der Waals surface area contributed by atoms with Crippen LogP contribution in [0, 0.1) is 0 Å². The Hall–Kier alpha value is -3.15. The van der Waals surface area contributed by atoms with Crippen LogP contribution >= 0.6 is 0 Å². The molecule has 0 bridgehead atoms. The highest BCUT2D eigenvalue weighted by molar-refractivity contribution is 5.71. The fourth-order valence-electron chi connectivity index (χ4n) is 6.53. The lowest BCUT2D eigenvalue weighted by atomic mass is 10.1. The summed E-state index contributed by atoms with van der Waals surface area (Å²) in [6.07, 6.45) is 58.9. The molecule has 0 unspecified atom stereocenters. The average Bonchev–Trinajstić information content (AvgIpc) is 3.23. The predicted octanol–water partition coefficient (Wildman–Crippen LogP) is 15.9. The average molecular weight is 823 g/mol. The van der Waals surface area contributed by atoms with Crippen LogP contribution in [0.4, 0.5) is 0 Å². The van der Waals surface area contributed by atoms with E-state index >= 15 is 0 Å². The maximum Gasteiger partial charge on any atom is 0.306 e. The Labute approximate surface area is 363 Å². The van der Waals surface area contributed by atoms with Crippen molar-refractivity contribution in [3.05, 3.63) is 72.9 Å². The fourth-order valence-corrected chi connectivity index (χ4v) is 6.53. The summed E-state index contributed by atoms with van der Waals surface area (Å²) in [5, 5.41) is 0. The number of hydrogen-bond donors (Lipinski definition) is 0. The van der Waals surface area contributed by atoms with Gasteiger partial charge in [0.25, 0.3) is 0 Å². The Morgan fingerprint density at radius 3 is 1.12 bits per heavy atom. The quantitative estimate of drug-likeness (QED) is 0.0264. The van der Waals surface area contributed by atoms with E-state index in [1.54, 1.807) is 0 Å². The molecule has 0 aliphatic carbocycles. The molecule has 59 heavy (non-hydrogen) atoms. The van der Waals surface area contributed by atoms with Crippen molar-refractivity contribution in [1.29, 1.82) is 0 Å².